The number of hydrogen-bond acceptors (Lipinski definition) is 5. The van der Waals surface area contributed by atoms with Crippen molar-refractivity contribution in [3.63, 3.8) is 0 Å². The molecule has 1 atom stereocenters. The normalized spacial score (nSPS) is 19.0. The van der Waals surface area contributed by atoms with Crippen molar-refractivity contribution >= 4 is 11.9 Å². The molecule has 7 heteroatoms. The van der Waals surface area contributed by atoms with Crippen molar-refractivity contribution in [3.05, 3.63) is 11.8 Å². The van der Waals surface area contributed by atoms with Gasteiger partial charge in [-0.15, -0.1) is 0 Å². The van der Waals surface area contributed by atoms with E-state index in [9.17, 15) is 10.1 Å². The monoisotopic (exact) mass is 305 g/mol. The average Bonchev–Trinajstić information content (AvgIpc) is 2.77. The molecule has 1 aliphatic heterocycles. The van der Waals surface area contributed by atoms with E-state index in [0.717, 1.165) is 5.82 Å². The number of carbonyl (C=O) groups excluding carboxylic acids is 1. The van der Waals surface area contributed by atoms with Crippen LogP contribution < -0.4 is 4.90 Å². The topological polar surface area (TPSA) is 74.4 Å². The molecule has 1 aliphatic rings. The molecule has 22 heavy (non-hydrogen) atoms. The Kier molecular flexibility index (Phi) is 4.31. The number of piperazine rings is 1. The van der Waals surface area contributed by atoms with E-state index >= 15 is 0 Å². The molecular formula is C15H23N5O2. The highest BCUT2D eigenvalue weighted by Crippen LogP contribution is 2.23. The van der Waals surface area contributed by atoms with Gasteiger partial charge in [0.1, 0.15) is 23.1 Å². The first-order chi connectivity index (χ1) is 10.2. The van der Waals surface area contributed by atoms with Gasteiger partial charge in [-0.25, -0.2) is 4.79 Å². The third-order valence-electron chi connectivity index (χ3n) is 3.58. The highest BCUT2D eigenvalue weighted by molar-refractivity contribution is 5.69. The Balaban J connectivity index is 2.09. The highest BCUT2D eigenvalue weighted by atomic mass is 16.6. The van der Waals surface area contributed by atoms with Crippen LogP contribution in [-0.4, -0.2) is 52.1 Å². The van der Waals surface area contributed by atoms with Gasteiger partial charge in [0, 0.05) is 32.7 Å². The number of ether oxygens (including phenoxy) is 1. The first-order valence-electron chi connectivity index (χ1n) is 7.39. The zero-order chi connectivity index (χ0) is 16.5. The van der Waals surface area contributed by atoms with Gasteiger partial charge in [0.2, 0.25) is 0 Å². The molecule has 0 N–H and O–H groups in total. The van der Waals surface area contributed by atoms with E-state index in [0.29, 0.717) is 25.2 Å². The standard InChI is InChI=1S/C15H23N5O2/c1-11-10-19(13-12(8-16)9-17-18(13)5)6-7-20(11)14(21)22-15(2,3)4/h9,11H,6-7,10H2,1-5H3/t11-/m1/s1. The van der Waals surface area contributed by atoms with Gasteiger partial charge in [-0.05, 0) is 27.7 Å². The summed E-state index contributed by atoms with van der Waals surface area (Å²) in [5.74, 6) is 0.804. The van der Waals surface area contributed by atoms with E-state index in [4.69, 9.17) is 4.74 Å². The molecule has 2 heterocycles. The molecule has 0 bridgehead atoms. The zero-order valence-electron chi connectivity index (χ0n) is 13.8. The van der Waals surface area contributed by atoms with E-state index in [1.54, 1.807) is 15.8 Å². The Morgan fingerprint density at radius 2 is 2.14 bits per heavy atom. The third kappa shape index (κ3) is 3.32. The molecule has 7 nitrogen and oxygen atoms in total. The number of aryl methyl sites for hydroxylation is 1. The number of rotatable bonds is 1. The Labute approximate surface area is 131 Å². The predicted octanol–water partition coefficient (Wildman–Crippen LogP) is 1.74. The predicted molar refractivity (Wildman–Crippen MR) is 82.5 cm³/mol. The van der Waals surface area contributed by atoms with Crippen LogP contribution >= 0.6 is 0 Å². The fourth-order valence-electron chi connectivity index (χ4n) is 2.63. The zero-order valence-corrected chi connectivity index (χ0v) is 13.8. The Morgan fingerprint density at radius 1 is 1.45 bits per heavy atom. The van der Waals surface area contributed by atoms with Crippen molar-refractivity contribution in [2.45, 2.75) is 39.3 Å². The Morgan fingerprint density at radius 3 is 2.68 bits per heavy atom. The lowest BCUT2D eigenvalue weighted by Gasteiger charge is -2.41. The van der Waals surface area contributed by atoms with Crippen molar-refractivity contribution in [2.75, 3.05) is 24.5 Å². The fraction of sp³-hybridized carbons (Fsp3) is 0.667. The van der Waals surface area contributed by atoms with Crippen molar-refractivity contribution in [1.29, 1.82) is 5.26 Å². The molecule has 0 aromatic carbocycles. The lowest BCUT2D eigenvalue weighted by molar-refractivity contribution is 0.0158. The molecule has 0 aliphatic carbocycles. The van der Waals surface area contributed by atoms with Gasteiger partial charge in [0.25, 0.3) is 0 Å². The van der Waals surface area contributed by atoms with Gasteiger partial charge in [0.15, 0.2) is 0 Å². The maximum absolute atomic E-state index is 12.2. The quantitative estimate of drug-likeness (QED) is 0.790. The van der Waals surface area contributed by atoms with Crippen LogP contribution in [0.1, 0.15) is 33.3 Å². The van der Waals surface area contributed by atoms with Crippen LogP contribution in [-0.2, 0) is 11.8 Å². The summed E-state index contributed by atoms with van der Waals surface area (Å²) in [5.41, 5.74) is 0.0599. The molecule has 1 amide bonds. The van der Waals surface area contributed by atoms with Gasteiger partial charge in [-0.1, -0.05) is 0 Å². The number of carbonyl (C=O) groups is 1. The first-order valence-corrected chi connectivity index (χ1v) is 7.39. The largest absolute Gasteiger partial charge is 0.444 e. The maximum atomic E-state index is 12.2. The number of aromatic nitrogens is 2. The second-order valence-corrected chi connectivity index (χ2v) is 6.59. The Bertz CT molecular complexity index is 596. The lowest BCUT2D eigenvalue weighted by atomic mass is 10.2. The molecule has 0 radical (unpaired) electrons. The van der Waals surface area contributed by atoms with Crippen molar-refractivity contribution in [3.8, 4) is 6.07 Å². The third-order valence-corrected chi connectivity index (χ3v) is 3.58. The first kappa shape index (κ1) is 16.1. The number of amides is 1. The van der Waals surface area contributed by atoms with Crippen LogP contribution in [0.25, 0.3) is 0 Å². The fourth-order valence-corrected chi connectivity index (χ4v) is 2.63. The minimum absolute atomic E-state index is 0.00467. The second kappa shape index (κ2) is 5.87. The van der Waals surface area contributed by atoms with Gasteiger partial charge >= 0.3 is 6.09 Å². The minimum Gasteiger partial charge on any atom is -0.444 e. The van der Waals surface area contributed by atoms with Gasteiger partial charge in [0.05, 0.1) is 6.20 Å². The summed E-state index contributed by atoms with van der Waals surface area (Å²) in [6.07, 6.45) is 1.28. The van der Waals surface area contributed by atoms with Gasteiger partial charge in [-0.2, -0.15) is 10.4 Å². The molecule has 1 aromatic heterocycles. The molecule has 0 unspecified atom stereocenters. The second-order valence-electron chi connectivity index (χ2n) is 6.59. The highest BCUT2D eigenvalue weighted by Gasteiger charge is 2.32. The van der Waals surface area contributed by atoms with Gasteiger partial charge in [-0.3, -0.25) is 4.68 Å². The maximum Gasteiger partial charge on any atom is 0.410 e. The summed E-state index contributed by atoms with van der Waals surface area (Å²) < 4.78 is 7.14. The SMILES string of the molecule is C[C@@H]1CN(c2c(C#N)cnn2C)CCN1C(=O)OC(C)(C)C. The van der Waals surface area contributed by atoms with Crippen LogP contribution in [0.3, 0.4) is 0 Å². The van der Waals surface area contributed by atoms with Crippen LogP contribution in [0, 0.1) is 11.3 Å². The van der Waals surface area contributed by atoms with E-state index in [1.165, 1.54) is 0 Å². The van der Waals surface area contributed by atoms with Crippen LogP contribution in [0.2, 0.25) is 0 Å². The molecular weight excluding hydrogens is 282 g/mol. The van der Waals surface area contributed by atoms with Crippen molar-refractivity contribution in [1.82, 2.24) is 14.7 Å². The van der Waals surface area contributed by atoms with Crippen LogP contribution in [0.4, 0.5) is 10.6 Å². The summed E-state index contributed by atoms with van der Waals surface area (Å²) >= 11 is 0. The summed E-state index contributed by atoms with van der Waals surface area (Å²) in [5, 5.41) is 13.3. The minimum atomic E-state index is -0.496. The lowest BCUT2D eigenvalue weighted by Crippen LogP contribution is -2.55. The van der Waals surface area contributed by atoms with E-state index in [1.807, 2.05) is 34.7 Å². The van der Waals surface area contributed by atoms with Crippen molar-refractivity contribution < 1.29 is 9.53 Å². The molecule has 2 rings (SSSR count). The number of anilines is 1. The van der Waals surface area contributed by atoms with Gasteiger partial charge < -0.3 is 14.5 Å². The summed E-state index contributed by atoms with van der Waals surface area (Å²) in [6, 6.07) is 2.17. The van der Waals surface area contributed by atoms with Crippen molar-refractivity contribution in [2.24, 2.45) is 7.05 Å². The molecule has 1 saturated heterocycles. The molecule has 1 aromatic rings. The number of nitrogens with zero attached hydrogens (tertiary/aromatic N) is 5. The van der Waals surface area contributed by atoms with Crippen LogP contribution in [0.5, 0.6) is 0 Å². The summed E-state index contributed by atoms with van der Waals surface area (Å²) in [7, 11) is 1.82. The summed E-state index contributed by atoms with van der Waals surface area (Å²) in [4.78, 5) is 16.1. The average molecular weight is 305 g/mol. The molecule has 0 saturated carbocycles. The van der Waals surface area contributed by atoms with E-state index in [2.05, 4.69) is 16.1 Å². The number of hydrogen-bond donors (Lipinski definition) is 0. The molecule has 1 fully saturated rings. The van der Waals surface area contributed by atoms with E-state index < -0.39 is 5.60 Å². The van der Waals surface area contributed by atoms with Crippen LogP contribution in [0.15, 0.2) is 6.20 Å². The molecule has 0 spiro atoms. The smallest absolute Gasteiger partial charge is 0.410 e. The molecule has 120 valence electrons. The van der Waals surface area contributed by atoms with E-state index in [-0.39, 0.29) is 12.1 Å². The number of nitriles is 1. The summed E-state index contributed by atoms with van der Waals surface area (Å²) in [6.45, 7) is 9.43. The Hall–Kier alpha value is -2.23.